The molecule has 0 unspecified atom stereocenters. The lowest BCUT2D eigenvalue weighted by Crippen LogP contribution is -2.36. The molecule has 2 atom stereocenters. The van der Waals surface area contributed by atoms with Gasteiger partial charge in [0.1, 0.15) is 6.61 Å². The Morgan fingerprint density at radius 2 is 2.26 bits per heavy atom. The van der Waals surface area contributed by atoms with Crippen LogP contribution in [0.5, 0.6) is 0 Å². The van der Waals surface area contributed by atoms with Gasteiger partial charge in [-0.1, -0.05) is 0 Å². The first-order chi connectivity index (χ1) is 9.10. The number of aliphatic hydroxyl groups excluding tert-OH is 1. The summed E-state index contributed by atoms with van der Waals surface area (Å²) in [4.78, 5) is 27.1. The van der Waals surface area contributed by atoms with Gasteiger partial charge in [0.25, 0.3) is 0 Å². The second kappa shape index (κ2) is 4.34. The monoisotopic (exact) mass is 264 g/mol. The van der Waals surface area contributed by atoms with Gasteiger partial charge in [-0.05, 0) is 0 Å². The predicted octanol–water partition coefficient (Wildman–Crippen LogP) is -1.17. The number of aryl methyl sites for hydroxylation is 1. The highest BCUT2D eigenvalue weighted by atomic mass is 16.3. The summed E-state index contributed by atoms with van der Waals surface area (Å²) in [5.74, 6) is -0.236. The van der Waals surface area contributed by atoms with Crippen molar-refractivity contribution in [2.75, 3.05) is 31.1 Å². The maximum Gasteiger partial charge on any atom is 0.248 e. The minimum Gasteiger partial charge on any atom is -0.387 e. The second-order valence-electron chi connectivity index (χ2n) is 5.14. The van der Waals surface area contributed by atoms with Crippen LogP contribution in [0.4, 0.5) is 5.69 Å². The van der Waals surface area contributed by atoms with Crippen molar-refractivity contribution in [3.05, 3.63) is 12.4 Å². The van der Waals surface area contributed by atoms with E-state index in [0.29, 0.717) is 19.6 Å². The van der Waals surface area contributed by atoms with Gasteiger partial charge in [0.15, 0.2) is 0 Å². The molecule has 1 aromatic rings. The van der Waals surface area contributed by atoms with E-state index in [1.54, 1.807) is 20.7 Å². The fraction of sp³-hybridized carbons (Fsp3) is 0.583. The molecule has 19 heavy (non-hydrogen) atoms. The maximum atomic E-state index is 12.3. The van der Waals surface area contributed by atoms with E-state index in [9.17, 15) is 9.59 Å². The van der Waals surface area contributed by atoms with Crippen LogP contribution in [-0.4, -0.2) is 57.8 Å². The molecular formula is C12H16N4O3. The van der Waals surface area contributed by atoms with Crippen LogP contribution in [0.25, 0.3) is 0 Å². The molecule has 0 spiro atoms. The molecule has 3 rings (SSSR count). The van der Waals surface area contributed by atoms with Crippen molar-refractivity contribution in [1.82, 2.24) is 14.7 Å². The minimum absolute atomic E-state index is 0.0474. The molecule has 0 aromatic carbocycles. The van der Waals surface area contributed by atoms with Crippen LogP contribution in [0.3, 0.4) is 0 Å². The number of likely N-dealkylation sites (tertiary alicyclic amines) is 1. The normalized spacial score (nSPS) is 26.1. The molecule has 2 aliphatic heterocycles. The summed E-state index contributed by atoms with van der Waals surface area (Å²) in [7, 11) is 1.81. The van der Waals surface area contributed by atoms with Crippen molar-refractivity contribution in [2.24, 2.45) is 18.9 Å². The van der Waals surface area contributed by atoms with Gasteiger partial charge in [-0.2, -0.15) is 5.10 Å². The van der Waals surface area contributed by atoms with Gasteiger partial charge in [0, 0.05) is 38.8 Å². The number of fused-ring (bicyclic) bond motifs is 1. The van der Waals surface area contributed by atoms with Crippen LogP contribution in [-0.2, 0) is 16.6 Å². The molecule has 1 N–H and O–H groups in total. The van der Waals surface area contributed by atoms with E-state index in [-0.39, 0.29) is 23.7 Å². The van der Waals surface area contributed by atoms with Crippen molar-refractivity contribution in [1.29, 1.82) is 0 Å². The molecule has 2 fully saturated rings. The summed E-state index contributed by atoms with van der Waals surface area (Å²) in [5, 5.41) is 12.9. The van der Waals surface area contributed by atoms with Crippen LogP contribution >= 0.6 is 0 Å². The number of amides is 2. The third kappa shape index (κ3) is 1.90. The molecule has 0 aliphatic carbocycles. The second-order valence-corrected chi connectivity index (χ2v) is 5.14. The van der Waals surface area contributed by atoms with E-state index in [2.05, 4.69) is 5.10 Å². The summed E-state index contributed by atoms with van der Waals surface area (Å²) in [6, 6.07) is 0. The number of anilines is 1. The number of aliphatic hydroxyl groups is 1. The summed E-state index contributed by atoms with van der Waals surface area (Å²) < 4.78 is 1.66. The fourth-order valence-corrected chi connectivity index (χ4v) is 2.94. The summed E-state index contributed by atoms with van der Waals surface area (Å²) in [6.45, 7) is 1.09. The van der Waals surface area contributed by atoms with Crippen molar-refractivity contribution < 1.29 is 14.7 Å². The lowest BCUT2D eigenvalue weighted by Gasteiger charge is -2.20. The summed E-state index contributed by atoms with van der Waals surface area (Å²) in [6.07, 6.45) is 3.49. The van der Waals surface area contributed by atoms with E-state index < -0.39 is 6.61 Å². The quantitative estimate of drug-likeness (QED) is 0.730. The number of carbonyl (C=O) groups is 2. The average molecular weight is 264 g/mol. The van der Waals surface area contributed by atoms with Crippen LogP contribution in [0.1, 0.15) is 0 Å². The molecule has 0 saturated carbocycles. The van der Waals surface area contributed by atoms with Crippen molar-refractivity contribution in [2.45, 2.75) is 0 Å². The maximum absolute atomic E-state index is 12.3. The van der Waals surface area contributed by atoms with Crippen LogP contribution in [0, 0.1) is 11.8 Å². The molecule has 1 aromatic heterocycles. The molecule has 7 heteroatoms. The van der Waals surface area contributed by atoms with Gasteiger partial charge in [0.05, 0.1) is 17.8 Å². The zero-order valence-electron chi connectivity index (χ0n) is 10.7. The number of carbonyl (C=O) groups excluding carboxylic acids is 2. The third-order valence-electron chi connectivity index (χ3n) is 3.93. The Bertz CT molecular complexity index is 527. The Balaban J connectivity index is 1.74. The SMILES string of the molecule is Cn1cc(N2C[C@@H]3CN(C(=O)CO)C[C@@H]3C2=O)cn1. The zero-order valence-corrected chi connectivity index (χ0v) is 10.7. The van der Waals surface area contributed by atoms with Gasteiger partial charge in [-0.25, -0.2) is 0 Å². The number of nitrogens with zero attached hydrogens (tertiary/aromatic N) is 4. The van der Waals surface area contributed by atoms with Crippen LogP contribution in [0.2, 0.25) is 0 Å². The number of aromatic nitrogens is 2. The van der Waals surface area contributed by atoms with Crippen molar-refractivity contribution in [3.63, 3.8) is 0 Å². The Hall–Kier alpha value is -1.89. The highest BCUT2D eigenvalue weighted by molar-refractivity contribution is 5.98. The van der Waals surface area contributed by atoms with Gasteiger partial charge >= 0.3 is 0 Å². The molecular weight excluding hydrogens is 248 g/mol. The van der Waals surface area contributed by atoms with Gasteiger partial charge in [-0.3, -0.25) is 14.3 Å². The Labute approximate surface area is 110 Å². The smallest absolute Gasteiger partial charge is 0.248 e. The molecule has 3 heterocycles. The third-order valence-corrected chi connectivity index (χ3v) is 3.93. The molecule has 7 nitrogen and oxygen atoms in total. The highest BCUT2D eigenvalue weighted by Crippen LogP contribution is 2.34. The van der Waals surface area contributed by atoms with Gasteiger partial charge in [0.2, 0.25) is 11.8 Å². The first kappa shape index (κ1) is 12.2. The Morgan fingerprint density at radius 1 is 1.47 bits per heavy atom. The Kier molecular flexibility index (Phi) is 2.78. The standard InChI is InChI=1S/C12H16N4O3/c1-14-5-9(2-13-14)16-4-8-3-15(11(18)7-17)6-10(8)12(16)19/h2,5,8,10,17H,3-4,6-7H2,1H3/t8-,10-/m0/s1. The van der Waals surface area contributed by atoms with Gasteiger partial charge < -0.3 is 14.9 Å². The first-order valence-electron chi connectivity index (χ1n) is 6.29. The van der Waals surface area contributed by atoms with E-state index in [4.69, 9.17) is 5.11 Å². The van der Waals surface area contributed by atoms with E-state index in [0.717, 1.165) is 5.69 Å². The van der Waals surface area contributed by atoms with Crippen LogP contribution in [0.15, 0.2) is 12.4 Å². The summed E-state index contributed by atoms with van der Waals surface area (Å²) >= 11 is 0. The van der Waals surface area contributed by atoms with Gasteiger partial charge in [-0.15, -0.1) is 0 Å². The Morgan fingerprint density at radius 3 is 2.84 bits per heavy atom. The lowest BCUT2D eigenvalue weighted by molar-refractivity contribution is -0.133. The number of hydrogen-bond acceptors (Lipinski definition) is 4. The summed E-state index contributed by atoms with van der Waals surface area (Å²) in [5.41, 5.74) is 0.807. The number of hydrogen-bond donors (Lipinski definition) is 1. The number of rotatable bonds is 2. The largest absolute Gasteiger partial charge is 0.387 e. The highest BCUT2D eigenvalue weighted by Gasteiger charge is 2.47. The average Bonchev–Trinajstić information content (AvgIpc) is 3.05. The van der Waals surface area contributed by atoms with Crippen molar-refractivity contribution in [3.8, 4) is 0 Å². The molecule has 2 aliphatic rings. The van der Waals surface area contributed by atoms with Crippen LogP contribution < -0.4 is 4.90 Å². The fourth-order valence-electron chi connectivity index (χ4n) is 2.94. The zero-order chi connectivity index (χ0) is 13.6. The first-order valence-corrected chi connectivity index (χ1v) is 6.29. The molecule has 0 bridgehead atoms. The molecule has 2 amide bonds. The molecule has 2 saturated heterocycles. The van der Waals surface area contributed by atoms with E-state index >= 15 is 0 Å². The minimum atomic E-state index is -0.486. The van der Waals surface area contributed by atoms with Crippen molar-refractivity contribution >= 4 is 17.5 Å². The topological polar surface area (TPSA) is 78.7 Å². The predicted molar refractivity (Wildman–Crippen MR) is 66.2 cm³/mol. The molecule has 0 radical (unpaired) electrons. The molecule has 102 valence electrons. The lowest BCUT2D eigenvalue weighted by atomic mass is 10.0. The van der Waals surface area contributed by atoms with E-state index in [1.165, 1.54) is 0 Å². The van der Waals surface area contributed by atoms with E-state index in [1.807, 2.05) is 13.2 Å².